The van der Waals surface area contributed by atoms with Crippen molar-refractivity contribution < 1.29 is 4.79 Å². The van der Waals surface area contributed by atoms with Crippen LogP contribution in [0.4, 0.5) is 11.4 Å². The summed E-state index contributed by atoms with van der Waals surface area (Å²) in [4.78, 5) is 16.7. The van der Waals surface area contributed by atoms with E-state index in [2.05, 4.69) is 64.6 Å². The highest BCUT2D eigenvalue weighted by atomic mass is 16.1. The Balaban J connectivity index is 0.000000165. The Morgan fingerprint density at radius 1 is 0.743 bits per heavy atom. The first-order valence-corrected chi connectivity index (χ1v) is 11.9. The van der Waals surface area contributed by atoms with E-state index >= 15 is 0 Å². The molecule has 176 valence electrons. The first-order chi connectivity index (χ1) is 17.2. The lowest BCUT2D eigenvalue weighted by Crippen LogP contribution is -2.13. The zero-order chi connectivity index (χ0) is 24.5. The summed E-state index contributed by atoms with van der Waals surface area (Å²) in [6.07, 6.45) is 0. The molecule has 0 aliphatic rings. The van der Waals surface area contributed by atoms with Gasteiger partial charge in [0.25, 0.3) is 5.91 Å². The van der Waals surface area contributed by atoms with Gasteiger partial charge in [-0.05, 0) is 50.2 Å². The van der Waals surface area contributed by atoms with Crippen LogP contribution >= 0.6 is 0 Å². The fraction of sp³-hybridized carbons (Fsp3) is 0.133. The highest BCUT2D eigenvalue weighted by molar-refractivity contribution is 6.05. The number of hydrogen-bond donors (Lipinski definition) is 2. The summed E-state index contributed by atoms with van der Waals surface area (Å²) >= 11 is 0. The van der Waals surface area contributed by atoms with Crippen LogP contribution in [-0.2, 0) is 6.54 Å². The first-order valence-electron chi connectivity index (χ1n) is 11.9. The second kappa shape index (κ2) is 11.7. The minimum absolute atomic E-state index is 0.0963. The number of nitrogens with one attached hydrogen (secondary N) is 2. The van der Waals surface area contributed by atoms with Crippen LogP contribution in [0.25, 0.3) is 22.4 Å². The van der Waals surface area contributed by atoms with E-state index in [1.165, 1.54) is 11.1 Å². The lowest BCUT2D eigenvalue weighted by atomic mass is 10.2. The molecule has 0 unspecified atom stereocenters. The van der Waals surface area contributed by atoms with Crippen molar-refractivity contribution in [2.75, 3.05) is 17.2 Å². The molecule has 0 atom stereocenters. The van der Waals surface area contributed by atoms with Gasteiger partial charge >= 0.3 is 0 Å². The summed E-state index contributed by atoms with van der Waals surface area (Å²) in [5.74, 6) is 0.954. The fourth-order valence-corrected chi connectivity index (χ4v) is 3.92. The Hall–Kier alpha value is -4.38. The number of nitrogens with zero attached hydrogens (tertiary/aromatic N) is 2. The molecule has 0 bridgehead atoms. The van der Waals surface area contributed by atoms with Crippen LogP contribution in [0.5, 0.6) is 0 Å². The number of benzene rings is 4. The van der Waals surface area contributed by atoms with Gasteiger partial charge in [0.2, 0.25) is 0 Å². The third-order valence-corrected chi connectivity index (χ3v) is 5.58. The van der Waals surface area contributed by atoms with E-state index < -0.39 is 0 Å². The maximum atomic E-state index is 12.0. The minimum atomic E-state index is -0.0963. The standard InChI is InChI=1S/C15H16N2O.C15H14N2/c1-2-16-13-10-6-7-11-14(13)17-15(18)12-8-4-3-5-9-12;1-2-17-14-11-7-6-10-13(14)16-15(17)12-8-4-3-5-9-12/h3-11,16H,2H2,1H3,(H,17,18);3-11H,2H2,1H3. The quantitative estimate of drug-likeness (QED) is 0.283. The third kappa shape index (κ3) is 5.76. The molecule has 0 aliphatic carbocycles. The largest absolute Gasteiger partial charge is 0.384 e. The zero-order valence-corrected chi connectivity index (χ0v) is 20.1. The Bertz CT molecular complexity index is 1380. The third-order valence-electron chi connectivity index (χ3n) is 5.58. The van der Waals surface area contributed by atoms with Crippen LogP contribution in [0, 0.1) is 0 Å². The molecular weight excluding hydrogens is 432 g/mol. The fourth-order valence-electron chi connectivity index (χ4n) is 3.92. The molecule has 0 aliphatic heterocycles. The molecule has 0 radical (unpaired) electrons. The molecule has 0 fully saturated rings. The summed E-state index contributed by atoms with van der Waals surface area (Å²) in [6, 6.07) is 35.5. The number of fused-ring (bicyclic) bond motifs is 1. The van der Waals surface area contributed by atoms with Crippen LogP contribution in [0.3, 0.4) is 0 Å². The molecule has 4 aromatic carbocycles. The number of aromatic nitrogens is 2. The molecule has 5 nitrogen and oxygen atoms in total. The highest BCUT2D eigenvalue weighted by Crippen LogP contribution is 2.24. The van der Waals surface area contributed by atoms with Crippen molar-refractivity contribution in [1.82, 2.24) is 9.55 Å². The van der Waals surface area contributed by atoms with Crippen LogP contribution in [-0.4, -0.2) is 22.0 Å². The smallest absolute Gasteiger partial charge is 0.255 e. The summed E-state index contributed by atoms with van der Waals surface area (Å²) in [5, 5.41) is 6.13. The maximum Gasteiger partial charge on any atom is 0.255 e. The first kappa shape index (κ1) is 23.8. The monoisotopic (exact) mass is 462 g/mol. The van der Waals surface area contributed by atoms with Crippen molar-refractivity contribution in [2.24, 2.45) is 0 Å². The Kier molecular flexibility index (Phi) is 7.92. The van der Waals surface area contributed by atoms with Gasteiger partial charge in [0.15, 0.2) is 0 Å². The van der Waals surface area contributed by atoms with Crippen LogP contribution in [0.15, 0.2) is 109 Å². The Morgan fingerprint density at radius 2 is 1.34 bits per heavy atom. The lowest BCUT2D eigenvalue weighted by molar-refractivity contribution is 0.102. The summed E-state index contributed by atoms with van der Waals surface area (Å²) in [7, 11) is 0. The molecule has 2 N–H and O–H groups in total. The second-order valence-corrected chi connectivity index (χ2v) is 7.93. The summed E-state index contributed by atoms with van der Waals surface area (Å²) in [5.41, 5.74) is 5.83. The van der Waals surface area contributed by atoms with Gasteiger partial charge in [-0.2, -0.15) is 0 Å². The normalized spacial score (nSPS) is 10.3. The molecule has 1 amide bonds. The number of para-hydroxylation sites is 4. The predicted molar refractivity (Wildman–Crippen MR) is 146 cm³/mol. The van der Waals surface area contributed by atoms with Gasteiger partial charge in [-0.15, -0.1) is 0 Å². The highest BCUT2D eigenvalue weighted by Gasteiger charge is 2.10. The number of aryl methyl sites for hydroxylation is 1. The SMILES string of the molecule is CCNc1ccccc1NC(=O)c1ccccc1.CCn1c(-c2ccccc2)nc2ccccc21. The van der Waals surface area contributed by atoms with Gasteiger partial charge in [-0.1, -0.05) is 72.8 Å². The molecular formula is C30H30N4O. The van der Waals surface area contributed by atoms with E-state index in [9.17, 15) is 4.79 Å². The molecule has 1 aromatic heterocycles. The average molecular weight is 463 g/mol. The van der Waals surface area contributed by atoms with E-state index in [1.807, 2.05) is 61.5 Å². The molecule has 5 aromatic rings. The molecule has 5 rings (SSSR count). The zero-order valence-electron chi connectivity index (χ0n) is 20.1. The van der Waals surface area contributed by atoms with Gasteiger partial charge in [-0.3, -0.25) is 4.79 Å². The topological polar surface area (TPSA) is 58.9 Å². The van der Waals surface area contributed by atoms with Gasteiger partial charge in [0.05, 0.1) is 22.4 Å². The predicted octanol–water partition coefficient (Wildman–Crippen LogP) is 7.09. The van der Waals surface area contributed by atoms with E-state index in [1.54, 1.807) is 12.1 Å². The number of rotatable bonds is 6. The minimum Gasteiger partial charge on any atom is -0.384 e. The number of anilines is 2. The van der Waals surface area contributed by atoms with Crippen molar-refractivity contribution in [3.05, 3.63) is 115 Å². The van der Waals surface area contributed by atoms with Crippen LogP contribution < -0.4 is 10.6 Å². The van der Waals surface area contributed by atoms with Crippen LogP contribution in [0.2, 0.25) is 0 Å². The van der Waals surface area contributed by atoms with Crippen molar-refractivity contribution >= 4 is 28.3 Å². The molecule has 0 spiro atoms. The van der Waals surface area contributed by atoms with Gasteiger partial charge in [-0.25, -0.2) is 4.98 Å². The lowest BCUT2D eigenvalue weighted by Gasteiger charge is -2.11. The van der Waals surface area contributed by atoms with Gasteiger partial charge in [0, 0.05) is 24.2 Å². The van der Waals surface area contributed by atoms with E-state index in [4.69, 9.17) is 4.98 Å². The van der Waals surface area contributed by atoms with E-state index in [0.29, 0.717) is 5.56 Å². The summed E-state index contributed by atoms with van der Waals surface area (Å²) in [6.45, 7) is 5.93. The molecule has 1 heterocycles. The average Bonchev–Trinajstić information content (AvgIpc) is 3.30. The van der Waals surface area contributed by atoms with Crippen molar-refractivity contribution in [1.29, 1.82) is 0 Å². The van der Waals surface area contributed by atoms with Gasteiger partial charge < -0.3 is 15.2 Å². The van der Waals surface area contributed by atoms with Crippen molar-refractivity contribution in [2.45, 2.75) is 20.4 Å². The second-order valence-electron chi connectivity index (χ2n) is 7.93. The van der Waals surface area contributed by atoms with Crippen molar-refractivity contribution in [3.8, 4) is 11.4 Å². The van der Waals surface area contributed by atoms with E-state index in [-0.39, 0.29) is 5.91 Å². The summed E-state index contributed by atoms with van der Waals surface area (Å²) < 4.78 is 2.25. The molecule has 0 saturated heterocycles. The number of amides is 1. The van der Waals surface area contributed by atoms with Gasteiger partial charge in [0.1, 0.15) is 5.82 Å². The Labute approximate surface area is 206 Å². The van der Waals surface area contributed by atoms with Crippen molar-refractivity contribution in [3.63, 3.8) is 0 Å². The number of imidazole rings is 1. The number of hydrogen-bond acceptors (Lipinski definition) is 3. The molecule has 0 saturated carbocycles. The molecule has 35 heavy (non-hydrogen) atoms. The number of carbonyl (C=O) groups excluding carboxylic acids is 1. The number of carbonyl (C=O) groups is 1. The Morgan fingerprint density at radius 3 is 2.03 bits per heavy atom. The van der Waals surface area contributed by atoms with E-state index in [0.717, 1.165) is 35.8 Å². The van der Waals surface area contributed by atoms with Crippen LogP contribution in [0.1, 0.15) is 24.2 Å². The molecule has 5 heteroatoms. The maximum absolute atomic E-state index is 12.0.